The van der Waals surface area contributed by atoms with Crippen LogP contribution in [0, 0.1) is 0 Å². The second-order valence-corrected chi connectivity index (χ2v) is 6.77. The number of rotatable bonds is 7. The summed E-state index contributed by atoms with van der Waals surface area (Å²) >= 11 is 0. The van der Waals surface area contributed by atoms with Crippen LogP contribution in [0.3, 0.4) is 0 Å². The minimum Gasteiger partial charge on any atom is -0.396 e. The normalized spacial score (nSPS) is 24.4. The van der Waals surface area contributed by atoms with Gasteiger partial charge in [0.2, 0.25) is 0 Å². The molecule has 1 atom stereocenters. The van der Waals surface area contributed by atoms with Crippen molar-refractivity contribution in [3.63, 3.8) is 0 Å². The van der Waals surface area contributed by atoms with E-state index in [4.69, 9.17) is 5.11 Å². The van der Waals surface area contributed by atoms with E-state index in [2.05, 4.69) is 5.32 Å². The molecule has 1 aliphatic heterocycles. The van der Waals surface area contributed by atoms with Gasteiger partial charge in [-0.25, -0.2) is 8.42 Å². The molecule has 0 aliphatic carbocycles. The Balaban J connectivity index is 2.04. The lowest BCUT2D eigenvalue weighted by Crippen LogP contribution is -2.40. The first-order valence-corrected chi connectivity index (χ1v) is 8.01. The highest BCUT2D eigenvalue weighted by atomic mass is 32.2. The zero-order valence-corrected chi connectivity index (χ0v) is 10.6. The Hall–Kier alpha value is -0.130. The minimum atomic E-state index is -2.78. The van der Waals surface area contributed by atoms with Gasteiger partial charge >= 0.3 is 0 Å². The number of aliphatic hydroxyl groups is 1. The van der Waals surface area contributed by atoms with Crippen LogP contribution in [-0.4, -0.2) is 44.2 Å². The number of unbranched alkanes of at least 4 members (excludes halogenated alkanes) is 3. The molecule has 0 aromatic carbocycles. The van der Waals surface area contributed by atoms with E-state index >= 15 is 0 Å². The molecule has 1 saturated heterocycles. The summed E-state index contributed by atoms with van der Waals surface area (Å²) in [5, 5.41) is 11.9. The van der Waals surface area contributed by atoms with Crippen molar-refractivity contribution in [3.05, 3.63) is 0 Å². The monoisotopic (exact) mass is 249 g/mol. The molecule has 0 spiro atoms. The van der Waals surface area contributed by atoms with Gasteiger partial charge in [-0.3, -0.25) is 0 Å². The van der Waals surface area contributed by atoms with Gasteiger partial charge in [-0.05, 0) is 32.2 Å². The Morgan fingerprint density at radius 2 is 1.94 bits per heavy atom. The van der Waals surface area contributed by atoms with Crippen LogP contribution in [0.5, 0.6) is 0 Å². The van der Waals surface area contributed by atoms with Crippen molar-refractivity contribution in [1.29, 1.82) is 0 Å². The van der Waals surface area contributed by atoms with Crippen LogP contribution in [0.4, 0.5) is 0 Å². The molecule has 0 aromatic rings. The molecule has 0 amide bonds. The molecule has 16 heavy (non-hydrogen) atoms. The smallest absolute Gasteiger partial charge is 0.151 e. The SMILES string of the molecule is O=S1(=O)CCCC(NCCCCCCO)C1. The molecule has 1 heterocycles. The van der Waals surface area contributed by atoms with Gasteiger partial charge in [-0.1, -0.05) is 12.8 Å². The van der Waals surface area contributed by atoms with E-state index in [9.17, 15) is 8.42 Å². The molecule has 4 nitrogen and oxygen atoms in total. The zero-order chi connectivity index (χ0) is 11.9. The Bertz CT molecular complexity index is 277. The van der Waals surface area contributed by atoms with Crippen molar-refractivity contribution in [2.45, 2.75) is 44.6 Å². The van der Waals surface area contributed by atoms with Crippen molar-refractivity contribution in [2.75, 3.05) is 24.7 Å². The summed E-state index contributed by atoms with van der Waals surface area (Å²) in [6, 6.07) is 0.164. The molecular formula is C11H23NO3S. The molecule has 1 fully saturated rings. The fourth-order valence-electron chi connectivity index (χ4n) is 2.08. The molecule has 1 rings (SSSR count). The molecular weight excluding hydrogens is 226 g/mol. The van der Waals surface area contributed by atoms with Crippen LogP contribution < -0.4 is 5.32 Å². The summed E-state index contributed by atoms with van der Waals surface area (Å²) in [5.41, 5.74) is 0. The molecule has 0 bridgehead atoms. The van der Waals surface area contributed by atoms with Gasteiger partial charge in [0.15, 0.2) is 9.84 Å². The highest BCUT2D eigenvalue weighted by Crippen LogP contribution is 2.12. The topological polar surface area (TPSA) is 66.4 Å². The average Bonchev–Trinajstić information content (AvgIpc) is 2.22. The lowest BCUT2D eigenvalue weighted by atomic mass is 10.1. The van der Waals surface area contributed by atoms with Crippen LogP contribution >= 0.6 is 0 Å². The van der Waals surface area contributed by atoms with E-state index in [0.717, 1.165) is 45.1 Å². The summed E-state index contributed by atoms with van der Waals surface area (Å²) in [4.78, 5) is 0. The highest BCUT2D eigenvalue weighted by molar-refractivity contribution is 7.91. The Labute approximate surface area is 98.4 Å². The van der Waals surface area contributed by atoms with Gasteiger partial charge in [-0.2, -0.15) is 0 Å². The molecule has 5 heteroatoms. The third-order valence-electron chi connectivity index (χ3n) is 2.98. The standard InChI is InChI=1S/C11H23NO3S/c13-8-4-2-1-3-7-12-11-6-5-9-16(14,15)10-11/h11-13H,1-10H2. The maximum absolute atomic E-state index is 11.4. The molecule has 2 N–H and O–H groups in total. The maximum Gasteiger partial charge on any atom is 0.151 e. The molecule has 1 unspecified atom stereocenters. The fourth-order valence-corrected chi connectivity index (χ4v) is 3.75. The minimum absolute atomic E-state index is 0.164. The zero-order valence-electron chi connectivity index (χ0n) is 9.82. The van der Waals surface area contributed by atoms with E-state index in [-0.39, 0.29) is 12.6 Å². The molecule has 0 aromatic heterocycles. The van der Waals surface area contributed by atoms with E-state index in [1.165, 1.54) is 0 Å². The van der Waals surface area contributed by atoms with Crippen LogP contribution in [0.25, 0.3) is 0 Å². The average molecular weight is 249 g/mol. The third-order valence-corrected chi connectivity index (χ3v) is 4.80. The number of hydrogen-bond acceptors (Lipinski definition) is 4. The van der Waals surface area contributed by atoms with Crippen molar-refractivity contribution in [2.24, 2.45) is 0 Å². The first-order valence-electron chi connectivity index (χ1n) is 6.19. The molecule has 1 aliphatic rings. The Morgan fingerprint density at radius 3 is 2.62 bits per heavy atom. The van der Waals surface area contributed by atoms with Gasteiger partial charge in [0.25, 0.3) is 0 Å². The summed E-state index contributed by atoms with van der Waals surface area (Å²) in [5.74, 6) is 0.672. The van der Waals surface area contributed by atoms with E-state index in [1.807, 2.05) is 0 Å². The summed E-state index contributed by atoms with van der Waals surface area (Å²) in [6.07, 6.45) is 5.88. The fraction of sp³-hybridized carbons (Fsp3) is 1.00. The summed E-state index contributed by atoms with van der Waals surface area (Å²) < 4.78 is 22.7. The molecule has 96 valence electrons. The lowest BCUT2D eigenvalue weighted by molar-refractivity contribution is 0.282. The van der Waals surface area contributed by atoms with Gasteiger partial charge in [0, 0.05) is 12.6 Å². The largest absolute Gasteiger partial charge is 0.396 e. The van der Waals surface area contributed by atoms with Crippen molar-refractivity contribution < 1.29 is 13.5 Å². The number of sulfone groups is 1. The third kappa shape index (κ3) is 5.82. The predicted octanol–water partition coefficient (Wildman–Crippen LogP) is 0.706. The second kappa shape index (κ2) is 7.25. The summed E-state index contributed by atoms with van der Waals surface area (Å²) in [7, 11) is -2.78. The lowest BCUT2D eigenvalue weighted by Gasteiger charge is -2.23. The van der Waals surface area contributed by atoms with Crippen LogP contribution in [0.2, 0.25) is 0 Å². The molecule has 0 saturated carbocycles. The number of aliphatic hydroxyl groups excluding tert-OH is 1. The van der Waals surface area contributed by atoms with Gasteiger partial charge in [0.1, 0.15) is 0 Å². The summed E-state index contributed by atoms with van der Waals surface area (Å²) in [6.45, 7) is 1.17. The quantitative estimate of drug-likeness (QED) is 0.652. The second-order valence-electron chi connectivity index (χ2n) is 4.55. The van der Waals surface area contributed by atoms with Crippen molar-refractivity contribution in [1.82, 2.24) is 5.32 Å². The Morgan fingerprint density at radius 1 is 1.19 bits per heavy atom. The van der Waals surface area contributed by atoms with Crippen LogP contribution in [-0.2, 0) is 9.84 Å². The maximum atomic E-state index is 11.4. The van der Waals surface area contributed by atoms with Crippen molar-refractivity contribution in [3.8, 4) is 0 Å². The number of nitrogens with one attached hydrogen (secondary N) is 1. The van der Waals surface area contributed by atoms with Gasteiger partial charge in [-0.15, -0.1) is 0 Å². The highest BCUT2D eigenvalue weighted by Gasteiger charge is 2.23. The first kappa shape index (κ1) is 13.9. The Kier molecular flexibility index (Phi) is 6.31. The number of hydrogen-bond donors (Lipinski definition) is 2. The van der Waals surface area contributed by atoms with E-state index in [1.54, 1.807) is 0 Å². The van der Waals surface area contributed by atoms with Crippen molar-refractivity contribution >= 4 is 9.84 Å². The van der Waals surface area contributed by atoms with E-state index < -0.39 is 9.84 Å². The van der Waals surface area contributed by atoms with Gasteiger partial charge in [0.05, 0.1) is 11.5 Å². The van der Waals surface area contributed by atoms with Crippen LogP contribution in [0.15, 0.2) is 0 Å². The van der Waals surface area contributed by atoms with E-state index in [0.29, 0.717) is 11.5 Å². The van der Waals surface area contributed by atoms with Crippen LogP contribution in [0.1, 0.15) is 38.5 Å². The molecule has 0 radical (unpaired) electrons. The van der Waals surface area contributed by atoms with Gasteiger partial charge < -0.3 is 10.4 Å². The first-order chi connectivity index (χ1) is 7.64. The predicted molar refractivity (Wildman–Crippen MR) is 65.2 cm³/mol.